The van der Waals surface area contributed by atoms with Crippen LogP contribution in [-0.4, -0.2) is 54.2 Å². The Hall–Kier alpha value is -2.41. The fourth-order valence-electron chi connectivity index (χ4n) is 3.00. The van der Waals surface area contributed by atoms with Crippen LogP contribution in [0.2, 0.25) is 0 Å². The number of carbonyl (C=O) groups excluding carboxylic acids is 1. The summed E-state index contributed by atoms with van der Waals surface area (Å²) in [5.74, 6) is 0.187. The van der Waals surface area contributed by atoms with Gasteiger partial charge in [-0.3, -0.25) is 4.79 Å². The highest BCUT2D eigenvalue weighted by atomic mass is 16.5. The van der Waals surface area contributed by atoms with E-state index in [0.29, 0.717) is 32.5 Å². The normalized spacial score (nSPS) is 14.1. The zero-order chi connectivity index (χ0) is 21.8. The van der Waals surface area contributed by atoms with E-state index in [0.717, 1.165) is 11.1 Å². The van der Waals surface area contributed by atoms with Crippen LogP contribution in [0.15, 0.2) is 54.6 Å². The summed E-state index contributed by atoms with van der Waals surface area (Å²) >= 11 is 0. The van der Waals surface area contributed by atoms with Gasteiger partial charge in [-0.2, -0.15) is 0 Å². The molecule has 0 saturated heterocycles. The minimum atomic E-state index is -0.515. The summed E-state index contributed by atoms with van der Waals surface area (Å²) < 4.78 is 11.3. The Morgan fingerprint density at radius 2 is 1.67 bits per heavy atom. The van der Waals surface area contributed by atoms with Crippen LogP contribution in [0.3, 0.4) is 0 Å². The van der Waals surface area contributed by atoms with Gasteiger partial charge in [0.15, 0.2) is 0 Å². The van der Waals surface area contributed by atoms with E-state index in [2.05, 4.69) is 5.32 Å². The first-order valence-corrected chi connectivity index (χ1v) is 10.4. The molecular weight excluding hydrogens is 382 g/mol. The van der Waals surface area contributed by atoms with Gasteiger partial charge in [-0.05, 0) is 49.9 Å². The highest BCUT2D eigenvalue weighted by Gasteiger charge is 2.15. The number of aromatic hydroxyl groups is 1. The molecule has 6 nitrogen and oxygen atoms in total. The number of amides is 1. The third-order valence-corrected chi connectivity index (χ3v) is 4.56. The molecule has 2 aromatic rings. The number of benzene rings is 2. The van der Waals surface area contributed by atoms with Gasteiger partial charge in [0.25, 0.3) is 0 Å². The molecule has 0 saturated carbocycles. The molecule has 0 aliphatic rings. The minimum absolute atomic E-state index is 0.0235. The predicted octanol–water partition coefficient (Wildman–Crippen LogP) is 2.85. The molecule has 3 atom stereocenters. The summed E-state index contributed by atoms with van der Waals surface area (Å²) in [6.45, 7) is 4.54. The van der Waals surface area contributed by atoms with E-state index >= 15 is 0 Å². The lowest BCUT2D eigenvalue weighted by Gasteiger charge is -2.21. The maximum atomic E-state index is 12.5. The first-order valence-electron chi connectivity index (χ1n) is 10.4. The zero-order valence-electron chi connectivity index (χ0n) is 17.8. The van der Waals surface area contributed by atoms with Crippen molar-refractivity contribution in [1.29, 1.82) is 0 Å². The van der Waals surface area contributed by atoms with Gasteiger partial charge < -0.3 is 25.0 Å². The summed E-state index contributed by atoms with van der Waals surface area (Å²) in [5.41, 5.74) is 2.13. The van der Waals surface area contributed by atoms with Crippen molar-refractivity contribution in [3.8, 4) is 5.75 Å². The molecule has 0 fully saturated rings. The second-order valence-corrected chi connectivity index (χ2v) is 7.65. The predicted molar refractivity (Wildman–Crippen MR) is 116 cm³/mol. The van der Waals surface area contributed by atoms with Crippen LogP contribution < -0.4 is 5.32 Å². The van der Waals surface area contributed by atoms with Crippen LogP contribution in [0.1, 0.15) is 31.4 Å². The number of ether oxygens (including phenoxy) is 2. The summed E-state index contributed by atoms with van der Waals surface area (Å²) in [7, 11) is 0. The number of aliphatic hydroxyl groups excluding tert-OH is 1. The van der Waals surface area contributed by atoms with Crippen molar-refractivity contribution in [2.24, 2.45) is 0 Å². The second-order valence-electron chi connectivity index (χ2n) is 7.65. The molecule has 0 aromatic heterocycles. The highest BCUT2D eigenvalue weighted by Crippen LogP contribution is 2.12. The molecule has 0 heterocycles. The van der Waals surface area contributed by atoms with Gasteiger partial charge in [0.2, 0.25) is 5.91 Å². The van der Waals surface area contributed by atoms with Gasteiger partial charge in [0.05, 0.1) is 38.1 Å². The zero-order valence-corrected chi connectivity index (χ0v) is 17.8. The topological polar surface area (TPSA) is 88.0 Å². The number of hydrogen-bond donors (Lipinski definition) is 3. The first-order chi connectivity index (χ1) is 14.4. The summed E-state index contributed by atoms with van der Waals surface area (Å²) in [6, 6.07) is 16.7. The Morgan fingerprint density at radius 1 is 0.967 bits per heavy atom. The van der Waals surface area contributed by atoms with E-state index in [4.69, 9.17) is 9.47 Å². The van der Waals surface area contributed by atoms with Crippen LogP contribution in [0.4, 0.5) is 0 Å². The lowest BCUT2D eigenvalue weighted by atomic mass is 10.1. The van der Waals surface area contributed by atoms with Crippen molar-refractivity contribution in [1.82, 2.24) is 5.32 Å². The fourth-order valence-corrected chi connectivity index (χ4v) is 3.00. The van der Waals surface area contributed by atoms with Crippen LogP contribution in [0.5, 0.6) is 5.75 Å². The highest BCUT2D eigenvalue weighted by molar-refractivity contribution is 5.76. The van der Waals surface area contributed by atoms with Crippen LogP contribution in [0, 0.1) is 0 Å². The fraction of sp³-hybridized carbons (Fsp3) is 0.458. The molecule has 164 valence electrons. The van der Waals surface area contributed by atoms with Crippen molar-refractivity contribution >= 4 is 5.91 Å². The quantitative estimate of drug-likeness (QED) is 0.468. The Kier molecular flexibility index (Phi) is 10.3. The third kappa shape index (κ3) is 9.87. The number of carbonyl (C=O) groups is 1. The molecule has 0 spiro atoms. The summed E-state index contributed by atoms with van der Waals surface area (Å²) in [4.78, 5) is 12.5. The lowest BCUT2D eigenvalue weighted by molar-refractivity contribution is -0.122. The standard InChI is InChI=1S/C24H33NO5/c1-18(26)15-30-19(2)16-29-17-22(14-21-8-11-23(27)12-9-21)25-24(28)13-10-20-6-4-3-5-7-20/h3-9,11-12,18-19,22,26-27H,10,13-17H2,1-2H3,(H,25,28)/t18-,19+,22-/m0/s1. The molecule has 2 aromatic carbocycles. The molecule has 2 rings (SSSR count). The molecular formula is C24H33NO5. The second kappa shape index (κ2) is 13.0. The van der Waals surface area contributed by atoms with E-state index < -0.39 is 6.10 Å². The Morgan fingerprint density at radius 3 is 2.33 bits per heavy atom. The van der Waals surface area contributed by atoms with Crippen LogP contribution in [0.25, 0.3) is 0 Å². The number of phenols is 1. The molecule has 0 aliphatic heterocycles. The van der Waals surface area contributed by atoms with Gasteiger partial charge in [-0.1, -0.05) is 42.5 Å². The Balaban J connectivity index is 1.86. The first kappa shape index (κ1) is 23.9. The number of aryl methyl sites for hydroxylation is 1. The van der Waals surface area contributed by atoms with E-state index in [9.17, 15) is 15.0 Å². The van der Waals surface area contributed by atoms with Crippen LogP contribution >= 0.6 is 0 Å². The molecule has 0 bridgehead atoms. The Bertz CT molecular complexity index is 733. The van der Waals surface area contributed by atoms with Gasteiger partial charge in [-0.25, -0.2) is 0 Å². The van der Waals surface area contributed by atoms with Gasteiger partial charge in [-0.15, -0.1) is 0 Å². The summed E-state index contributed by atoms with van der Waals surface area (Å²) in [6.07, 6.45) is 1.02. The van der Waals surface area contributed by atoms with Crippen molar-refractivity contribution in [2.45, 2.75) is 51.4 Å². The van der Waals surface area contributed by atoms with Crippen molar-refractivity contribution in [3.05, 3.63) is 65.7 Å². The van der Waals surface area contributed by atoms with Gasteiger partial charge in [0.1, 0.15) is 5.75 Å². The minimum Gasteiger partial charge on any atom is -0.508 e. The largest absolute Gasteiger partial charge is 0.508 e. The van der Waals surface area contributed by atoms with Crippen molar-refractivity contribution in [3.63, 3.8) is 0 Å². The molecule has 0 radical (unpaired) electrons. The van der Waals surface area contributed by atoms with Gasteiger partial charge in [0, 0.05) is 6.42 Å². The maximum Gasteiger partial charge on any atom is 0.220 e. The number of hydrogen-bond acceptors (Lipinski definition) is 5. The third-order valence-electron chi connectivity index (χ3n) is 4.56. The van der Waals surface area contributed by atoms with E-state index in [-0.39, 0.29) is 30.4 Å². The Labute approximate surface area is 178 Å². The molecule has 1 amide bonds. The monoisotopic (exact) mass is 415 g/mol. The average molecular weight is 416 g/mol. The van der Waals surface area contributed by atoms with E-state index in [1.807, 2.05) is 49.4 Å². The van der Waals surface area contributed by atoms with E-state index in [1.165, 1.54) is 0 Å². The van der Waals surface area contributed by atoms with Crippen LogP contribution in [-0.2, 0) is 27.1 Å². The molecule has 3 N–H and O–H groups in total. The van der Waals surface area contributed by atoms with E-state index in [1.54, 1.807) is 19.1 Å². The summed E-state index contributed by atoms with van der Waals surface area (Å²) in [5, 5.41) is 21.8. The smallest absolute Gasteiger partial charge is 0.220 e. The number of phenolic OH excluding ortho intramolecular Hbond substituents is 1. The van der Waals surface area contributed by atoms with Crippen molar-refractivity contribution in [2.75, 3.05) is 19.8 Å². The molecule has 0 unspecified atom stereocenters. The SMILES string of the molecule is C[C@H](O)CO[C@H](C)COC[C@H](Cc1ccc(O)cc1)NC(=O)CCc1ccccc1. The molecule has 30 heavy (non-hydrogen) atoms. The molecule has 0 aliphatic carbocycles. The number of nitrogens with one attached hydrogen (secondary N) is 1. The average Bonchev–Trinajstić information content (AvgIpc) is 2.73. The number of rotatable bonds is 13. The van der Waals surface area contributed by atoms with Crippen molar-refractivity contribution < 1.29 is 24.5 Å². The number of aliphatic hydroxyl groups is 1. The maximum absolute atomic E-state index is 12.5. The lowest BCUT2D eigenvalue weighted by Crippen LogP contribution is -2.40. The van der Waals surface area contributed by atoms with Gasteiger partial charge >= 0.3 is 0 Å². The molecule has 6 heteroatoms.